The van der Waals surface area contributed by atoms with Crippen LogP contribution in [0, 0.1) is 5.92 Å². The number of esters is 1. The standard InChI is InChI=1S/C10H11NO2/c1-13-10(12)8-6-7(8)9-4-2-3-5-11-9/h2-5,7-8H,6H2,1H3. The molecule has 0 aromatic carbocycles. The second kappa shape index (κ2) is 3.17. The Hall–Kier alpha value is -1.38. The zero-order chi connectivity index (χ0) is 9.26. The van der Waals surface area contributed by atoms with Gasteiger partial charge in [-0.15, -0.1) is 0 Å². The largest absolute Gasteiger partial charge is 0.469 e. The van der Waals surface area contributed by atoms with Crippen LogP contribution in [-0.4, -0.2) is 18.1 Å². The SMILES string of the molecule is COC(=O)C1CC1c1ccccn1. The highest BCUT2D eigenvalue weighted by Crippen LogP contribution is 2.47. The molecule has 2 unspecified atom stereocenters. The highest BCUT2D eigenvalue weighted by atomic mass is 16.5. The molecule has 13 heavy (non-hydrogen) atoms. The topological polar surface area (TPSA) is 39.2 Å². The summed E-state index contributed by atoms with van der Waals surface area (Å²) in [5.41, 5.74) is 0.998. The van der Waals surface area contributed by atoms with Crippen LogP contribution >= 0.6 is 0 Å². The molecule has 0 radical (unpaired) electrons. The van der Waals surface area contributed by atoms with Crippen LogP contribution < -0.4 is 0 Å². The van der Waals surface area contributed by atoms with E-state index in [1.165, 1.54) is 7.11 Å². The van der Waals surface area contributed by atoms with Crippen molar-refractivity contribution in [1.82, 2.24) is 4.98 Å². The number of rotatable bonds is 2. The summed E-state index contributed by atoms with van der Waals surface area (Å²) in [4.78, 5) is 15.3. The minimum absolute atomic E-state index is 0.0416. The second-order valence-corrected chi connectivity index (χ2v) is 3.23. The van der Waals surface area contributed by atoms with Crippen molar-refractivity contribution in [3.05, 3.63) is 30.1 Å². The highest BCUT2D eigenvalue weighted by molar-refractivity contribution is 5.77. The number of carbonyl (C=O) groups is 1. The van der Waals surface area contributed by atoms with Gasteiger partial charge in [-0.1, -0.05) is 6.07 Å². The number of hydrogen-bond acceptors (Lipinski definition) is 3. The minimum atomic E-state index is -0.115. The van der Waals surface area contributed by atoms with Crippen LogP contribution in [0.25, 0.3) is 0 Å². The van der Waals surface area contributed by atoms with Gasteiger partial charge in [0.15, 0.2) is 0 Å². The number of aromatic nitrogens is 1. The van der Waals surface area contributed by atoms with E-state index in [4.69, 9.17) is 0 Å². The Morgan fingerprint density at radius 3 is 3.08 bits per heavy atom. The minimum Gasteiger partial charge on any atom is -0.469 e. The van der Waals surface area contributed by atoms with Crippen molar-refractivity contribution in [2.45, 2.75) is 12.3 Å². The first-order valence-corrected chi connectivity index (χ1v) is 4.31. The first kappa shape index (κ1) is 8.23. The molecule has 1 fully saturated rings. The molecule has 1 aromatic rings. The van der Waals surface area contributed by atoms with Gasteiger partial charge >= 0.3 is 5.97 Å². The van der Waals surface area contributed by atoms with Crippen LogP contribution in [0.3, 0.4) is 0 Å². The van der Waals surface area contributed by atoms with Gasteiger partial charge < -0.3 is 4.74 Å². The van der Waals surface area contributed by atoms with Crippen molar-refractivity contribution in [2.24, 2.45) is 5.92 Å². The van der Waals surface area contributed by atoms with E-state index >= 15 is 0 Å². The fourth-order valence-corrected chi connectivity index (χ4v) is 1.53. The van der Waals surface area contributed by atoms with E-state index in [0.717, 1.165) is 12.1 Å². The van der Waals surface area contributed by atoms with E-state index in [1.807, 2.05) is 18.2 Å². The molecule has 68 valence electrons. The average molecular weight is 177 g/mol. The predicted molar refractivity (Wildman–Crippen MR) is 47.1 cm³/mol. The molecule has 1 heterocycles. The molecule has 0 amide bonds. The number of pyridine rings is 1. The van der Waals surface area contributed by atoms with Gasteiger partial charge in [0.05, 0.1) is 13.0 Å². The lowest BCUT2D eigenvalue weighted by Crippen LogP contribution is -2.04. The van der Waals surface area contributed by atoms with Gasteiger partial charge in [-0.2, -0.15) is 0 Å². The van der Waals surface area contributed by atoms with Crippen LogP contribution in [0.15, 0.2) is 24.4 Å². The van der Waals surface area contributed by atoms with E-state index < -0.39 is 0 Å². The second-order valence-electron chi connectivity index (χ2n) is 3.23. The van der Waals surface area contributed by atoms with Gasteiger partial charge in [0.2, 0.25) is 0 Å². The molecule has 3 nitrogen and oxygen atoms in total. The summed E-state index contributed by atoms with van der Waals surface area (Å²) >= 11 is 0. The predicted octanol–water partition coefficient (Wildman–Crippen LogP) is 1.36. The summed E-state index contributed by atoms with van der Waals surface area (Å²) in [6.45, 7) is 0. The Labute approximate surface area is 76.7 Å². The molecule has 1 aromatic heterocycles. The van der Waals surface area contributed by atoms with Gasteiger partial charge in [0.25, 0.3) is 0 Å². The summed E-state index contributed by atoms with van der Waals surface area (Å²) in [6, 6.07) is 5.77. The van der Waals surface area contributed by atoms with Crippen LogP contribution in [0.1, 0.15) is 18.0 Å². The van der Waals surface area contributed by atoms with Crippen molar-refractivity contribution in [3.63, 3.8) is 0 Å². The lowest BCUT2D eigenvalue weighted by Gasteiger charge is -1.97. The molecular formula is C10H11NO2. The molecule has 0 aliphatic heterocycles. The number of methoxy groups -OCH3 is 1. The van der Waals surface area contributed by atoms with Crippen molar-refractivity contribution in [2.75, 3.05) is 7.11 Å². The summed E-state index contributed by atoms with van der Waals surface area (Å²) in [6.07, 6.45) is 2.63. The molecular weight excluding hydrogens is 166 g/mol. The third kappa shape index (κ3) is 1.54. The van der Waals surface area contributed by atoms with Crippen molar-refractivity contribution >= 4 is 5.97 Å². The van der Waals surface area contributed by atoms with E-state index in [0.29, 0.717) is 0 Å². The molecule has 0 bridgehead atoms. The van der Waals surface area contributed by atoms with Gasteiger partial charge in [-0.25, -0.2) is 0 Å². The number of nitrogens with zero attached hydrogens (tertiary/aromatic N) is 1. The van der Waals surface area contributed by atoms with Gasteiger partial charge in [-0.3, -0.25) is 9.78 Å². The fourth-order valence-electron chi connectivity index (χ4n) is 1.53. The summed E-state index contributed by atoms with van der Waals surface area (Å²) in [5.74, 6) is 0.212. The molecule has 1 aliphatic carbocycles. The maximum absolute atomic E-state index is 11.1. The number of hydrogen-bond donors (Lipinski definition) is 0. The first-order chi connectivity index (χ1) is 6.33. The lowest BCUT2D eigenvalue weighted by molar-refractivity contribution is -0.142. The van der Waals surface area contributed by atoms with E-state index in [1.54, 1.807) is 6.20 Å². The fraction of sp³-hybridized carbons (Fsp3) is 0.400. The van der Waals surface area contributed by atoms with Crippen molar-refractivity contribution in [3.8, 4) is 0 Å². The Kier molecular flexibility index (Phi) is 2.00. The molecule has 1 aliphatic rings. The normalized spacial score (nSPS) is 25.3. The maximum Gasteiger partial charge on any atom is 0.309 e. The van der Waals surface area contributed by atoms with E-state index in [9.17, 15) is 4.79 Å². The Morgan fingerprint density at radius 1 is 1.62 bits per heavy atom. The Bertz CT molecular complexity index is 310. The molecule has 2 atom stereocenters. The summed E-state index contributed by atoms with van der Waals surface area (Å²) in [5, 5.41) is 0. The van der Waals surface area contributed by atoms with Crippen LogP contribution in [0.5, 0.6) is 0 Å². The van der Waals surface area contributed by atoms with Crippen LogP contribution in [0.4, 0.5) is 0 Å². The lowest BCUT2D eigenvalue weighted by atomic mass is 10.2. The molecule has 0 spiro atoms. The van der Waals surface area contributed by atoms with Crippen LogP contribution in [-0.2, 0) is 9.53 Å². The van der Waals surface area contributed by atoms with Gasteiger partial charge in [0, 0.05) is 17.8 Å². The maximum atomic E-state index is 11.1. The highest BCUT2D eigenvalue weighted by Gasteiger charge is 2.45. The number of carbonyl (C=O) groups excluding carboxylic acids is 1. The van der Waals surface area contributed by atoms with E-state index in [-0.39, 0.29) is 17.8 Å². The third-order valence-corrected chi connectivity index (χ3v) is 2.36. The third-order valence-electron chi connectivity index (χ3n) is 2.36. The Morgan fingerprint density at radius 2 is 2.46 bits per heavy atom. The molecule has 1 saturated carbocycles. The van der Waals surface area contributed by atoms with Crippen LogP contribution in [0.2, 0.25) is 0 Å². The molecule has 3 heteroatoms. The average Bonchev–Trinajstić information content (AvgIpc) is 2.98. The molecule has 2 rings (SSSR count). The monoisotopic (exact) mass is 177 g/mol. The molecule has 0 N–H and O–H groups in total. The van der Waals surface area contributed by atoms with Gasteiger partial charge in [0.1, 0.15) is 0 Å². The number of ether oxygens (including phenoxy) is 1. The van der Waals surface area contributed by atoms with E-state index in [2.05, 4.69) is 9.72 Å². The zero-order valence-electron chi connectivity index (χ0n) is 7.43. The first-order valence-electron chi connectivity index (χ1n) is 4.31. The smallest absolute Gasteiger partial charge is 0.309 e. The van der Waals surface area contributed by atoms with Crippen molar-refractivity contribution in [1.29, 1.82) is 0 Å². The quantitative estimate of drug-likeness (QED) is 0.640. The Balaban J connectivity index is 2.04. The summed E-state index contributed by atoms with van der Waals surface area (Å²) < 4.78 is 4.66. The summed E-state index contributed by atoms with van der Waals surface area (Å²) in [7, 11) is 1.43. The van der Waals surface area contributed by atoms with Crippen molar-refractivity contribution < 1.29 is 9.53 Å². The van der Waals surface area contributed by atoms with Gasteiger partial charge in [-0.05, 0) is 18.6 Å². The molecule has 0 saturated heterocycles. The zero-order valence-corrected chi connectivity index (χ0v) is 7.43.